The predicted molar refractivity (Wildman–Crippen MR) is 91.1 cm³/mol. The molecule has 1 aliphatic carbocycles. The van der Waals surface area contributed by atoms with E-state index in [4.69, 9.17) is 0 Å². The highest BCUT2D eigenvalue weighted by Gasteiger charge is 2.72. The van der Waals surface area contributed by atoms with Crippen molar-refractivity contribution in [3.8, 4) is 6.07 Å². The molecule has 0 radical (unpaired) electrons. The minimum atomic E-state index is -3.69. The maximum atomic E-state index is 13.0. The van der Waals surface area contributed by atoms with Crippen molar-refractivity contribution in [2.24, 2.45) is 5.41 Å². The van der Waals surface area contributed by atoms with E-state index in [0.717, 1.165) is 17.5 Å². The lowest BCUT2D eigenvalue weighted by Crippen LogP contribution is -2.18. The van der Waals surface area contributed by atoms with Crippen molar-refractivity contribution in [3.63, 3.8) is 0 Å². The molecule has 5 heteroatoms. The van der Waals surface area contributed by atoms with E-state index in [1.807, 2.05) is 31.2 Å². The fourth-order valence-electron chi connectivity index (χ4n) is 3.41. The lowest BCUT2D eigenvalue weighted by Gasteiger charge is -2.05. The van der Waals surface area contributed by atoms with Crippen LogP contribution in [0.1, 0.15) is 24.0 Å². The fourth-order valence-corrected chi connectivity index (χ4v) is 5.74. The van der Waals surface area contributed by atoms with Crippen LogP contribution in [0.4, 0.5) is 0 Å². The van der Waals surface area contributed by atoms with E-state index in [-0.39, 0.29) is 4.90 Å². The molecule has 0 unspecified atom stereocenters. The van der Waals surface area contributed by atoms with Gasteiger partial charge < -0.3 is 5.11 Å². The first kappa shape index (κ1) is 16.7. The first-order valence-corrected chi connectivity index (χ1v) is 9.45. The summed E-state index contributed by atoms with van der Waals surface area (Å²) in [6, 6.07) is 17.8. The Balaban J connectivity index is 2.04. The van der Waals surface area contributed by atoms with Gasteiger partial charge in [-0.3, -0.25) is 0 Å². The molecule has 0 aliphatic heterocycles. The summed E-state index contributed by atoms with van der Waals surface area (Å²) in [5.74, 6) is -0.511. The first-order valence-electron chi connectivity index (χ1n) is 7.91. The molecule has 0 heterocycles. The predicted octanol–water partition coefficient (Wildman–Crippen LogP) is 2.69. The van der Waals surface area contributed by atoms with Crippen LogP contribution >= 0.6 is 0 Å². The Labute approximate surface area is 142 Å². The van der Waals surface area contributed by atoms with Gasteiger partial charge in [0.15, 0.2) is 9.84 Å². The number of nitrogens with zero attached hydrogens (tertiary/aromatic N) is 1. The summed E-state index contributed by atoms with van der Waals surface area (Å²) in [6.07, 6.45) is 0.889. The van der Waals surface area contributed by atoms with Crippen LogP contribution in [0.5, 0.6) is 0 Å². The summed E-state index contributed by atoms with van der Waals surface area (Å²) >= 11 is 0. The van der Waals surface area contributed by atoms with Crippen LogP contribution in [-0.4, -0.2) is 25.4 Å². The molecule has 0 amide bonds. The molecule has 0 aromatic heterocycles. The van der Waals surface area contributed by atoms with Gasteiger partial charge in [0.05, 0.1) is 22.8 Å². The van der Waals surface area contributed by atoms with Crippen molar-refractivity contribution in [1.82, 2.24) is 0 Å². The molecule has 0 saturated heterocycles. The van der Waals surface area contributed by atoms with Gasteiger partial charge in [-0.25, -0.2) is 8.42 Å². The zero-order chi connectivity index (χ0) is 17.4. The Kier molecular flexibility index (Phi) is 4.20. The lowest BCUT2D eigenvalue weighted by molar-refractivity contribution is 0.242. The molecular weight excluding hydrogens is 322 g/mol. The minimum Gasteiger partial charge on any atom is -0.395 e. The lowest BCUT2D eigenvalue weighted by atomic mass is 10.00. The molecule has 1 fully saturated rings. The Morgan fingerprint density at radius 1 is 1.12 bits per heavy atom. The van der Waals surface area contributed by atoms with Crippen LogP contribution in [0.15, 0.2) is 59.5 Å². The Morgan fingerprint density at radius 3 is 2.25 bits per heavy atom. The average Bonchev–Trinajstić information content (AvgIpc) is 3.33. The third kappa shape index (κ3) is 2.43. The molecule has 0 spiro atoms. The fraction of sp³-hybridized carbons (Fsp3) is 0.316. The molecular formula is C19H19NO3S. The van der Waals surface area contributed by atoms with Crippen LogP contribution in [0.25, 0.3) is 0 Å². The molecule has 1 saturated carbocycles. The van der Waals surface area contributed by atoms with Crippen LogP contribution < -0.4 is 0 Å². The Morgan fingerprint density at radius 2 is 1.75 bits per heavy atom. The number of aliphatic hydroxyl groups is 1. The SMILES string of the molecule is CCc1ccc([C@H]2[C@H](S(=O)(=O)c3ccccc3)[C@@]2(C#N)CO)cc1. The quantitative estimate of drug-likeness (QED) is 0.907. The third-order valence-electron chi connectivity index (χ3n) is 4.88. The normalized spacial score (nSPS) is 25.9. The largest absolute Gasteiger partial charge is 0.395 e. The Bertz CT molecular complexity index is 869. The number of aliphatic hydroxyl groups excluding tert-OH is 1. The maximum Gasteiger partial charge on any atom is 0.183 e. The van der Waals surface area contributed by atoms with Gasteiger partial charge in [0.1, 0.15) is 5.41 Å². The topological polar surface area (TPSA) is 78.2 Å². The van der Waals surface area contributed by atoms with Gasteiger partial charge in [-0.1, -0.05) is 49.4 Å². The van der Waals surface area contributed by atoms with E-state index >= 15 is 0 Å². The van der Waals surface area contributed by atoms with E-state index < -0.39 is 33.0 Å². The highest BCUT2D eigenvalue weighted by Crippen LogP contribution is 2.63. The molecule has 3 rings (SSSR count). The van der Waals surface area contributed by atoms with Gasteiger partial charge in [0.25, 0.3) is 0 Å². The zero-order valence-electron chi connectivity index (χ0n) is 13.4. The van der Waals surface area contributed by atoms with E-state index in [0.29, 0.717) is 0 Å². The van der Waals surface area contributed by atoms with Crippen molar-refractivity contribution >= 4 is 9.84 Å². The molecule has 2 aromatic rings. The third-order valence-corrected chi connectivity index (χ3v) is 7.17. The van der Waals surface area contributed by atoms with Gasteiger partial charge in [-0.15, -0.1) is 0 Å². The molecule has 124 valence electrons. The van der Waals surface area contributed by atoms with Gasteiger partial charge in [0, 0.05) is 5.92 Å². The van der Waals surface area contributed by atoms with Gasteiger partial charge in [0.2, 0.25) is 0 Å². The van der Waals surface area contributed by atoms with E-state index in [1.165, 1.54) is 12.1 Å². The standard InChI is InChI=1S/C19H19NO3S/c1-2-14-8-10-15(11-9-14)17-18(19(17,12-20)13-21)24(22,23)16-6-4-3-5-7-16/h3-11,17-18,21H,2,13H2,1H3/t17-,18-,19-/m0/s1. The second-order valence-electron chi connectivity index (χ2n) is 6.16. The van der Waals surface area contributed by atoms with Gasteiger partial charge >= 0.3 is 0 Å². The molecule has 4 nitrogen and oxygen atoms in total. The van der Waals surface area contributed by atoms with Crippen molar-refractivity contribution in [2.45, 2.75) is 29.4 Å². The summed E-state index contributed by atoms with van der Waals surface area (Å²) in [6.45, 7) is 1.57. The van der Waals surface area contributed by atoms with Crippen LogP contribution in [0, 0.1) is 16.7 Å². The van der Waals surface area contributed by atoms with E-state index in [9.17, 15) is 18.8 Å². The second-order valence-corrected chi connectivity index (χ2v) is 8.23. The molecule has 0 bridgehead atoms. The number of benzene rings is 2. The van der Waals surface area contributed by atoms with Crippen LogP contribution in [-0.2, 0) is 16.3 Å². The number of nitriles is 1. The number of hydrogen-bond acceptors (Lipinski definition) is 4. The van der Waals surface area contributed by atoms with Crippen LogP contribution in [0.2, 0.25) is 0 Å². The molecule has 1 N–H and O–H groups in total. The van der Waals surface area contributed by atoms with E-state index in [1.54, 1.807) is 18.2 Å². The number of aryl methyl sites for hydroxylation is 1. The van der Waals surface area contributed by atoms with Crippen molar-refractivity contribution in [2.75, 3.05) is 6.61 Å². The monoisotopic (exact) mass is 341 g/mol. The van der Waals surface area contributed by atoms with Crippen molar-refractivity contribution in [1.29, 1.82) is 5.26 Å². The Hall–Kier alpha value is -2.16. The summed E-state index contributed by atoms with van der Waals surface area (Å²) in [4.78, 5) is 0.191. The summed E-state index contributed by atoms with van der Waals surface area (Å²) in [7, 11) is -3.69. The molecule has 3 atom stereocenters. The van der Waals surface area contributed by atoms with E-state index in [2.05, 4.69) is 6.07 Å². The number of rotatable bonds is 5. The van der Waals surface area contributed by atoms with Crippen LogP contribution in [0.3, 0.4) is 0 Å². The first-order chi connectivity index (χ1) is 11.5. The van der Waals surface area contributed by atoms with Gasteiger partial charge in [-0.2, -0.15) is 5.26 Å². The molecule has 24 heavy (non-hydrogen) atoms. The highest BCUT2D eigenvalue weighted by atomic mass is 32.2. The maximum absolute atomic E-state index is 13.0. The minimum absolute atomic E-state index is 0.191. The summed E-state index contributed by atoms with van der Waals surface area (Å²) in [5.41, 5.74) is 0.656. The summed E-state index contributed by atoms with van der Waals surface area (Å²) < 4.78 is 25.9. The molecule has 2 aromatic carbocycles. The highest BCUT2D eigenvalue weighted by molar-refractivity contribution is 7.92. The zero-order valence-corrected chi connectivity index (χ0v) is 14.2. The smallest absolute Gasteiger partial charge is 0.183 e. The average molecular weight is 341 g/mol. The van der Waals surface area contributed by atoms with Crippen molar-refractivity contribution in [3.05, 3.63) is 65.7 Å². The van der Waals surface area contributed by atoms with Crippen molar-refractivity contribution < 1.29 is 13.5 Å². The van der Waals surface area contributed by atoms with Gasteiger partial charge in [-0.05, 0) is 29.7 Å². The number of sulfone groups is 1. The molecule has 1 aliphatic rings. The summed E-state index contributed by atoms with van der Waals surface area (Å²) in [5, 5.41) is 18.5. The number of hydrogen-bond donors (Lipinski definition) is 1. The second kappa shape index (κ2) is 6.04.